The van der Waals surface area contributed by atoms with Gasteiger partial charge in [0.1, 0.15) is 5.75 Å². The van der Waals surface area contributed by atoms with Gasteiger partial charge in [-0.15, -0.1) is 0 Å². The molecule has 0 saturated carbocycles. The molecule has 0 bridgehead atoms. The van der Waals surface area contributed by atoms with E-state index in [1.807, 2.05) is 18.2 Å². The Morgan fingerprint density at radius 1 is 0.680 bits per heavy atom. The first-order chi connectivity index (χ1) is 12.3. The topological polar surface area (TPSA) is 20.2 Å². The highest BCUT2D eigenvalue weighted by Crippen LogP contribution is 2.38. The van der Waals surface area contributed by atoms with Crippen LogP contribution >= 0.6 is 0 Å². The fraction of sp³-hybridized carbons (Fsp3) is 0.500. The van der Waals surface area contributed by atoms with E-state index in [1.54, 1.807) is 6.07 Å². The molecule has 0 fully saturated rings. The summed E-state index contributed by atoms with van der Waals surface area (Å²) in [5.74, 6) is 0.969. The highest BCUT2D eigenvalue weighted by atomic mass is 16.3. The Labute approximate surface area is 154 Å². The standard InChI is InChI=1S/C24H34O/c1-3-5-6-7-8-9-15-20(14-4-2)21-16-10-11-17-22(21)23-18-12-13-19-24(23)25/h10-13,16-20,25H,3-9,14-15H2,1-2H3. The van der Waals surface area contributed by atoms with E-state index >= 15 is 0 Å². The Morgan fingerprint density at radius 3 is 2.04 bits per heavy atom. The molecule has 0 saturated heterocycles. The lowest BCUT2D eigenvalue weighted by atomic mass is 9.84. The Hall–Kier alpha value is -1.76. The molecule has 1 atom stereocenters. The van der Waals surface area contributed by atoms with Crippen LogP contribution in [-0.2, 0) is 0 Å². The van der Waals surface area contributed by atoms with Crippen LogP contribution < -0.4 is 0 Å². The average molecular weight is 339 g/mol. The molecule has 0 amide bonds. The molecule has 1 heteroatoms. The van der Waals surface area contributed by atoms with Gasteiger partial charge in [-0.3, -0.25) is 0 Å². The van der Waals surface area contributed by atoms with E-state index in [4.69, 9.17) is 0 Å². The number of hydrogen-bond donors (Lipinski definition) is 1. The number of unbranched alkanes of at least 4 members (excludes halogenated alkanes) is 5. The molecule has 1 nitrogen and oxygen atoms in total. The van der Waals surface area contributed by atoms with Crippen molar-refractivity contribution in [3.8, 4) is 16.9 Å². The van der Waals surface area contributed by atoms with Gasteiger partial charge in [-0.2, -0.15) is 0 Å². The minimum atomic E-state index is 0.379. The first kappa shape index (κ1) is 19.6. The van der Waals surface area contributed by atoms with Crippen LogP contribution in [-0.4, -0.2) is 5.11 Å². The zero-order valence-corrected chi connectivity index (χ0v) is 16.0. The van der Waals surface area contributed by atoms with Crippen molar-refractivity contribution in [2.45, 2.75) is 77.6 Å². The summed E-state index contributed by atoms with van der Waals surface area (Å²) in [5.41, 5.74) is 3.56. The molecule has 0 spiro atoms. The van der Waals surface area contributed by atoms with Crippen LogP contribution in [0.1, 0.15) is 83.1 Å². The Bertz CT molecular complexity index is 617. The Kier molecular flexibility index (Phi) is 8.59. The van der Waals surface area contributed by atoms with Gasteiger partial charge in [0.2, 0.25) is 0 Å². The van der Waals surface area contributed by atoms with Crippen molar-refractivity contribution in [1.82, 2.24) is 0 Å². The maximum absolute atomic E-state index is 10.3. The normalized spacial score (nSPS) is 12.2. The van der Waals surface area contributed by atoms with Gasteiger partial charge in [-0.05, 0) is 36.0 Å². The first-order valence-electron chi connectivity index (χ1n) is 10.1. The van der Waals surface area contributed by atoms with Gasteiger partial charge < -0.3 is 5.11 Å². The molecule has 0 aliphatic rings. The third kappa shape index (κ3) is 5.92. The molecule has 0 aromatic heterocycles. The first-order valence-corrected chi connectivity index (χ1v) is 10.1. The second kappa shape index (κ2) is 11.0. The zero-order chi connectivity index (χ0) is 17.9. The third-order valence-corrected chi connectivity index (χ3v) is 5.14. The molecular formula is C24H34O. The summed E-state index contributed by atoms with van der Waals surface area (Å²) in [6, 6.07) is 16.4. The molecule has 136 valence electrons. The molecule has 2 aromatic rings. The van der Waals surface area contributed by atoms with Crippen molar-refractivity contribution in [3.63, 3.8) is 0 Å². The fourth-order valence-corrected chi connectivity index (χ4v) is 3.77. The van der Waals surface area contributed by atoms with Crippen molar-refractivity contribution in [1.29, 1.82) is 0 Å². The van der Waals surface area contributed by atoms with Crippen molar-refractivity contribution < 1.29 is 5.11 Å². The van der Waals surface area contributed by atoms with Gasteiger partial charge in [0.15, 0.2) is 0 Å². The monoisotopic (exact) mass is 338 g/mol. The predicted molar refractivity (Wildman–Crippen MR) is 109 cm³/mol. The van der Waals surface area contributed by atoms with Crippen LogP contribution in [0.5, 0.6) is 5.75 Å². The third-order valence-electron chi connectivity index (χ3n) is 5.14. The zero-order valence-electron chi connectivity index (χ0n) is 16.0. The molecule has 25 heavy (non-hydrogen) atoms. The molecular weight excluding hydrogens is 304 g/mol. The summed E-state index contributed by atoms with van der Waals surface area (Å²) in [6.07, 6.45) is 11.8. The number of phenolic OH excluding ortho intramolecular Hbond substituents is 1. The highest BCUT2D eigenvalue weighted by molar-refractivity contribution is 5.73. The highest BCUT2D eigenvalue weighted by Gasteiger charge is 2.16. The maximum atomic E-state index is 10.3. The Morgan fingerprint density at radius 2 is 1.32 bits per heavy atom. The van der Waals surface area contributed by atoms with Crippen LogP contribution in [0.15, 0.2) is 48.5 Å². The molecule has 2 rings (SSSR count). The quantitative estimate of drug-likeness (QED) is 0.416. The Balaban J connectivity index is 2.11. The summed E-state index contributed by atoms with van der Waals surface area (Å²) < 4.78 is 0. The predicted octanol–water partition coefficient (Wildman–Crippen LogP) is 7.69. The van der Waals surface area contributed by atoms with Crippen molar-refractivity contribution in [3.05, 3.63) is 54.1 Å². The largest absolute Gasteiger partial charge is 0.507 e. The summed E-state index contributed by atoms with van der Waals surface area (Å²) in [6.45, 7) is 4.55. The van der Waals surface area contributed by atoms with Crippen LogP contribution in [0.4, 0.5) is 0 Å². The van der Waals surface area contributed by atoms with Gasteiger partial charge in [0, 0.05) is 5.56 Å². The summed E-state index contributed by atoms with van der Waals surface area (Å²) in [4.78, 5) is 0. The molecule has 0 heterocycles. The smallest absolute Gasteiger partial charge is 0.123 e. The number of rotatable bonds is 11. The average Bonchev–Trinajstić information content (AvgIpc) is 2.64. The molecule has 0 aliphatic carbocycles. The van der Waals surface area contributed by atoms with E-state index in [0.717, 1.165) is 5.56 Å². The summed E-state index contributed by atoms with van der Waals surface area (Å²) in [7, 11) is 0. The number of aromatic hydroxyl groups is 1. The number of para-hydroxylation sites is 1. The van der Waals surface area contributed by atoms with Crippen molar-refractivity contribution in [2.75, 3.05) is 0 Å². The van der Waals surface area contributed by atoms with E-state index in [9.17, 15) is 5.11 Å². The molecule has 2 aromatic carbocycles. The fourth-order valence-electron chi connectivity index (χ4n) is 3.77. The molecule has 0 radical (unpaired) electrons. The summed E-state index contributed by atoms with van der Waals surface area (Å²) >= 11 is 0. The van der Waals surface area contributed by atoms with Gasteiger partial charge >= 0.3 is 0 Å². The second-order valence-corrected chi connectivity index (χ2v) is 7.15. The van der Waals surface area contributed by atoms with E-state index in [-0.39, 0.29) is 0 Å². The maximum Gasteiger partial charge on any atom is 0.123 e. The van der Waals surface area contributed by atoms with Gasteiger partial charge in [0.25, 0.3) is 0 Å². The van der Waals surface area contributed by atoms with E-state index in [0.29, 0.717) is 11.7 Å². The van der Waals surface area contributed by atoms with Crippen LogP contribution in [0.25, 0.3) is 11.1 Å². The number of hydrogen-bond acceptors (Lipinski definition) is 1. The SMILES string of the molecule is CCCCCCCCC(CCC)c1ccccc1-c1ccccc1O. The molecule has 0 aliphatic heterocycles. The number of phenols is 1. The molecule has 1 unspecified atom stereocenters. The number of benzene rings is 2. The van der Waals surface area contributed by atoms with Crippen LogP contribution in [0.3, 0.4) is 0 Å². The van der Waals surface area contributed by atoms with E-state index < -0.39 is 0 Å². The molecule has 1 N–H and O–H groups in total. The van der Waals surface area contributed by atoms with Gasteiger partial charge in [-0.25, -0.2) is 0 Å². The van der Waals surface area contributed by atoms with Crippen molar-refractivity contribution >= 4 is 0 Å². The van der Waals surface area contributed by atoms with E-state index in [2.05, 4.69) is 38.1 Å². The van der Waals surface area contributed by atoms with Crippen LogP contribution in [0, 0.1) is 0 Å². The van der Waals surface area contributed by atoms with Gasteiger partial charge in [0.05, 0.1) is 0 Å². The van der Waals surface area contributed by atoms with Crippen LogP contribution in [0.2, 0.25) is 0 Å². The van der Waals surface area contributed by atoms with Gasteiger partial charge in [-0.1, -0.05) is 101 Å². The lowest BCUT2D eigenvalue weighted by molar-refractivity contribution is 0.477. The lowest BCUT2D eigenvalue weighted by Gasteiger charge is -2.21. The second-order valence-electron chi connectivity index (χ2n) is 7.15. The lowest BCUT2D eigenvalue weighted by Crippen LogP contribution is -2.01. The summed E-state index contributed by atoms with van der Waals surface area (Å²) in [5, 5.41) is 10.3. The minimum absolute atomic E-state index is 0.379. The van der Waals surface area contributed by atoms with Crippen molar-refractivity contribution in [2.24, 2.45) is 0 Å². The minimum Gasteiger partial charge on any atom is -0.507 e. The van der Waals surface area contributed by atoms with E-state index in [1.165, 1.54) is 68.9 Å².